The first kappa shape index (κ1) is 14.5. The number of anilines is 2. The highest BCUT2D eigenvalue weighted by Crippen LogP contribution is 2.22. The van der Waals surface area contributed by atoms with Crippen LogP contribution < -0.4 is 10.2 Å². The van der Waals surface area contributed by atoms with Crippen molar-refractivity contribution in [1.82, 2.24) is 14.9 Å². The van der Waals surface area contributed by atoms with Crippen LogP contribution in [0.25, 0.3) is 0 Å². The van der Waals surface area contributed by atoms with Gasteiger partial charge in [-0.25, -0.2) is 4.98 Å². The van der Waals surface area contributed by atoms with E-state index in [1.165, 1.54) is 0 Å². The molecule has 6 heteroatoms. The molecule has 0 atom stereocenters. The minimum Gasteiger partial charge on any atom is -0.377 e. The van der Waals surface area contributed by atoms with E-state index in [-0.39, 0.29) is 0 Å². The van der Waals surface area contributed by atoms with E-state index in [1.807, 2.05) is 0 Å². The molecule has 0 aliphatic carbocycles. The Morgan fingerprint density at radius 1 is 1.19 bits per heavy atom. The molecule has 2 fully saturated rings. The predicted molar refractivity (Wildman–Crippen MR) is 84.1 cm³/mol. The molecule has 116 valence electrons. The Kier molecular flexibility index (Phi) is 4.26. The summed E-state index contributed by atoms with van der Waals surface area (Å²) in [5.74, 6) is 2.19. The number of hydrogen-bond acceptors (Lipinski definition) is 6. The number of rotatable bonds is 4. The molecule has 1 aromatic heterocycles. The van der Waals surface area contributed by atoms with E-state index in [2.05, 4.69) is 42.1 Å². The topological polar surface area (TPSA) is 53.5 Å². The molecule has 2 saturated heterocycles. The summed E-state index contributed by atoms with van der Waals surface area (Å²) < 4.78 is 5.22. The molecule has 0 spiro atoms. The maximum atomic E-state index is 5.22. The molecule has 0 bridgehead atoms. The van der Waals surface area contributed by atoms with Crippen LogP contribution in [0.5, 0.6) is 0 Å². The summed E-state index contributed by atoms with van der Waals surface area (Å²) in [6.45, 7) is 9.99. The maximum Gasteiger partial charge on any atom is 0.227 e. The minimum absolute atomic E-state index is 0.389. The van der Waals surface area contributed by atoms with Gasteiger partial charge in [0.2, 0.25) is 5.95 Å². The molecule has 1 N–H and O–H groups in total. The van der Waals surface area contributed by atoms with Gasteiger partial charge in [-0.3, -0.25) is 0 Å². The average Bonchev–Trinajstić information content (AvgIpc) is 2.43. The van der Waals surface area contributed by atoms with Crippen molar-refractivity contribution >= 4 is 11.8 Å². The van der Waals surface area contributed by atoms with E-state index in [9.17, 15) is 0 Å². The van der Waals surface area contributed by atoms with Crippen LogP contribution in [-0.4, -0.2) is 67.4 Å². The Labute approximate surface area is 126 Å². The number of hydrogen-bond donors (Lipinski definition) is 1. The van der Waals surface area contributed by atoms with Crippen LogP contribution in [0.3, 0.4) is 0 Å². The van der Waals surface area contributed by atoms with Gasteiger partial charge in [-0.1, -0.05) is 13.8 Å². The normalized spacial score (nSPS) is 20.7. The van der Waals surface area contributed by atoms with Crippen LogP contribution in [-0.2, 0) is 4.74 Å². The zero-order valence-corrected chi connectivity index (χ0v) is 13.2. The Morgan fingerprint density at radius 2 is 1.90 bits per heavy atom. The number of ether oxygens (including phenoxy) is 1. The molecular formula is C15H25N5O. The number of nitrogens with zero attached hydrogens (tertiary/aromatic N) is 4. The molecule has 0 radical (unpaired) electrons. The summed E-state index contributed by atoms with van der Waals surface area (Å²) in [5.41, 5.74) is 1.10. The average molecular weight is 291 g/mol. The standard InChI is InChI=1S/C15H25N5O/c1-11(2)13-8-14(16-12-9-21-10-12)18-15(17-13)20-6-4-19(3)5-7-20/h8,11-12H,4-7,9-10H2,1-3H3,(H,16,17,18). The fourth-order valence-corrected chi connectivity index (χ4v) is 2.50. The summed E-state index contributed by atoms with van der Waals surface area (Å²) in [6, 6.07) is 2.46. The monoisotopic (exact) mass is 291 g/mol. The fourth-order valence-electron chi connectivity index (χ4n) is 2.50. The van der Waals surface area contributed by atoms with Crippen molar-refractivity contribution in [3.8, 4) is 0 Å². The fraction of sp³-hybridized carbons (Fsp3) is 0.733. The molecule has 0 unspecified atom stereocenters. The van der Waals surface area contributed by atoms with Gasteiger partial charge in [-0.05, 0) is 13.0 Å². The second kappa shape index (κ2) is 6.15. The largest absolute Gasteiger partial charge is 0.377 e. The second-order valence-electron chi connectivity index (χ2n) is 6.30. The van der Waals surface area contributed by atoms with E-state index in [0.29, 0.717) is 12.0 Å². The Morgan fingerprint density at radius 3 is 2.48 bits per heavy atom. The van der Waals surface area contributed by atoms with Gasteiger partial charge < -0.3 is 19.9 Å². The van der Waals surface area contributed by atoms with E-state index in [1.54, 1.807) is 0 Å². The number of piperazine rings is 1. The molecule has 0 saturated carbocycles. The number of aromatic nitrogens is 2. The van der Waals surface area contributed by atoms with Crippen molar-refractivity contribution in [3.05, 3.63) is 11.8 Å². The first-order valence-electron chi connectivity index (χ1n) is 7.78. The van der Waals surface area contributed by atoms with Gasteiger partial charge in [0.25, 0.3) is 0 Å². The lowest BCUT2D eigenvalue weighted by Crippen LogP contribution is -2.45. The Balaban J connectivity index is 1.80. The van der Waals surface area contributed by atoms with Crippen LogP contribution in [0.2, 0.25) is 0 Å². The summed E-state index contributed by atoms with van der Waals surface area (Å²) in [7, 11) is 2.16. The molecule has 2 aliphatic rings. The molecule has 21 heavy (non-hydrogen) atoms. The van der Waals surface area contributed by atoms with Gasteiger partial charge in [0, 0.05) is 32.2 Å². The van der Waals surface area contributed by atoms with Crippen LogP contribution in [0, 0.1) is 0 Å². The van der Waals surface area contributed by atoms with E-state index >= 15 is 0 Å². The molecule has 1 aromatic rings. The molecule has 6 nitrogen and oxygen atoms in total. The third-order valence-electron chi connectivity index (χ3n) is 4.10. The van der Waals surface area contributed by atoms with Gasteiger partial charge >= 0.3 is 0 Å². The van der Waals surface area contributed by atoms with Gasteiger partial charge in [0.1, 0.15) is 5.82 Å². The van der Waals surface area contributed by atoms with Crippen molar-refractivity contribution in [3.63, 3.8) is 0 Å². The van der Waals surface area contributed by atoms with Crippen molar-refractivity contribution in [2.45, 2.75) is 25.8 Å². The van der Waals surface area contributed by atoms with E-state index in [4.69, 9.17) is 14.7 Å². The lowest BCUT2D eigenvalue weighted by atomic mass is 10.1. The molecule has 3 rings (SSSR count). The third-order valence-corrected chi connectivity index (χ3v) is 4.10. The van der Waals surface area contributed by atoms with Crippen molar-refractivity contribution in [2.24, 2.45) is 0 Å². The van der Waals surface area contributed by atoms with Gasteiger partial charge in [0.15, 0.2) is 0 Å². The lowest BCUT2D eigenvalue weighted by Gasteiger charge is -2.33. The summed E-state index contributed by atoms with van der Waals surface area (Å²) in [4.78, 5) is 14.1. The highest BCUT2D eigenvalue weighted by atomic mass is 16.5. The third kappa shape index (κ3) is 3.44. The molecule has 0 aromatic carbocycles. The van der Waals surface area contributed by atoms with Gasteiger partial charge in [-0.15, -0.1) is 0 Å². The van der Waals surface area contributed by atoms with Crippen molar-refractivity contribution in [1.29, 1.82) is 0 Å². The first-order chi connectivity index (χ1) is 10.1. The SMILES string of the molecule is CC(C)c1cc(NC2COC2)nc(N2CCN(C)CC2)n1. The zero-order chi connectivity index (χ0) is 14.8. The van der Waals surface area contributed by atoms with Crippen LogP contribution in [0.15, 0.2) is 6.07 Å². The van der Waals surface area contributed by atoms with E-state index < -0.39 is 0 Å². The zero-order valence-electron chi connectivity index (χ0n) is 13.2. The smallest absolute Gasteiger partial charge is 0.227 e. The summed E-state index contributed by atoms with van der Waals surface area (Å²) in [5, 5.41) is 3.45. The van der Waals surface area contributed by atoms with Crippen molar-refractivity contribution < 1.29 is 4.74 Å². The Hall–Kier alpha value is -1.40. The van der Waals surface area contributed by atoms with E-state index in [0.717, 1.165) is 56.9 Å². The predicted octanol–water partition coefficient (Wildman–Crippen LogP) is 1.16. The van der Waals surface area contributed by atoms with Gasteiger partial charge in [0.05, 0.1) is 24.9 Å². The van der Waals surface area contributed by atoms with Crippen molar-refractivity contribution in [2.75, 3.05) is 56.7 Å². The first-order valence-corrected chi connectivity index (χ1v) is 7.78. The molecule has 2 aliphatic heterocycles. The maximum absolute atomic E-state index is 5.22. The molecule has 3 heterocycles. The lowest BCUT2D eigenvalue weighted by molar-refractivity contribution is 0.0209. The van der Waals surface area contributed by atoms with Gasteiger partial charge in [-0.2, -0.15) is 4.98 Å². The Bertz CT molecular complexity index is 481. The molecule has 0 amide bonds. The summed E-state index contributed by atoms with van der Waals surface area (Å²) >= 11 is 0. The quantitative estimate of drug-likeness (QED) is 0.898. The number of likely N-dealkylation sites (N-methyl/N-ethyl adjacent to an activating group) is 1. The highest BCUT2D eigenvalue weighted by Gasteiger charge is 2.21. The number of nitrogens with one attached hydrogen (secondary N) is 1. The minimum atomic E-state index is 0.389. The molecular weight excluding hydrogens is 266 g/mol. The summed E-state index contributed by atoms with van der Waals surface area (Å²) in [6.07, 6.45) is 0. The highest BCUT2D eigenvalue weighted by molar-refractivity contribution is 5.45. The van der Waals surface area contributed by atoms with Crippen LogP contribution in [0.1, 0.15) is 25.5 Å². The second-order valence-corrected chi connectivity index (χ2v) is 6.30. The van der Waals surface area contributed by atoms with Crippen LogP contribution in [0.4, 0.5) is 11.8 Å². The van der Waals surface area contributed by atoms with Crippen LogP contribution >= 0.6 is 0 Å².